The molecule has 0 aromatic rings. The van der Waals surface area contributed by atoms with E-state index in [0.29, 0.717) is 0 Å². The van der Waals surface area contributed by atoms with Gasteiger partial charge in [-0.15, -0.1) is 0 Å². The van der Waals surface area contributed by atoms with Gasteiger partial charge in [0.2, 0.25) is 0 Å². The molecule has 0 saturated carbocycles. The van der Waals surface area contributed by atoms with Gasteiger partial charge >= 0.3 is 0 Å². The molecule has 0 aromatic heterocycles. The maximum absolute atomic E-state index is 2.79. The summed E-state index contributed by atoms with van der Waals surface area (Å²) in [7, 11) is 0. The summed E-state index contributed by atoms with van der Waals surface area (Å²) >= 11 is 0. The van der Waals surface area contributed by atoms with Crippen LogP contribution in [0.25, 0.3) is 0 Å². The van der Waals surface area contributed by atoms with Crippen LogP contribution in [0.4, 0.5) is 0 Å². The molecular weight excluding hydrogens is 446 g/mol. The van der Waals surface area contributed by atoms with Gasteiger partial charge in [-0.3, -0.25) is 0 Å². The quantitative estimate of drug-likeness (QED) is 0.0853. The average Bonchev–Trinajstić information content (AvgIpc) is 3.36. The van der Waals surface area contributed by atoms with Crippen LogP contribution in [0.2, 0.25) is 0 Å². The largest absolute Gasteiger partial charge is 0.303 e. The summed E-state index contributed by atoms with van der Waals surface area (Å²) in [4.78, 5) is 2.79. The first-order chi connectivity index (χ1) is 18.4. The lowest BCUT2D eigenvalue weighted by atomic mass is 9.99. The van der Waals surface area contributed by atoms with Crippen molar-refractivity contribution in [3.05, 3.63) is 0 Å². The Morgan fingerprint density at radius 1 is 0.405 bits per heavy atom. The van der Waals surface area contributed by atoms with E-state index >= 15 is 0 Å². The predicted octanol–water partition coefficient (Wildman–Crippen LogP) is 12.7. The third-order valence-electron chi connectivity index (χ3n) is 9.16. The van der Waals surface area contributed by atoms with Crippen molar-refractivity contribution in [2.75, 3.05) is 19.6 Å². The fourth-order valence-corrected chi connectivity index (χ4v) is 6.51. The molecule has 0 amide bonds. The summed E-state index contributed by atoms with van der Waals surface area (Å²) < 4.78 is 0. The van der Waals surface area contributed by atoms with Crippen LogP contribution in [0.5, 0.6) is 0 Å². The molecule has 1 saturated heterocycles. The number of rotatable bonds is 30. The molecule has 1 heteroatoms. The molecular formula is C36H73N. The lowest BCUT2D eigenvalue weighted by molar-refractivity contribution is 0.309. The predicted molar refractivity (Wildman–Crippen MR) is 170 cm³/mol. The van der Waals surface area contributed by atoms with Crippen LogP contribution in [0.3, 0.4) is 0 Å². The van der Waals surface area contributed by atoms with Crippen molar-refractivity contribution < 1.29 is 0 Å². The molecule has 0 radical (unpaired) electrons. The summed E-state index contributed by atoms with van der Waals surface area (Å²) in [6, 6.07) is 0. The highest BCUT2D eigenvalue weighted by molar-refractivity contribution is 4.75. The van der Waals surface area contributed by atoms with Crippen molar-refractivity contribution in [2.45, 2.75) is 206 Å². The Kier molecular flexibility index (Phi) is 27.4. The number of hydrogen-bond donors (Lipinski definition) is 0. The minimum Gasteiger partial charge on any atom is -0.303 e. The molecule has 0 aromatic carbocycles. The van der Waals surface area contributed by atoms with E-state index in [9.17, 15) is 0 Å². The van der Waals surface area contributed by atoms with E-state index in [-0.39, 0.29) is 0 Å². The minimum atomic E-state index is 1.02. The topological polar surface area (TPSA) is 3.24 Å². The van der Waals surface area contributed by atoms with Crippen LogP contribution < -0.4 is 0 Å². The van der Waals surface area contributed by atoms with Crippen molar-refractivity contribution in [1.29, 1.82) is 0 Å². The molecule has 1 unspecified atom stereocenters. The second kappa shape index (κ2) is 29.0. The van der Waals surface area contributed by atoms with Crippen molar-refractivity contribution in [2.24, 2.45) is 5.92 Å². The Balaban J connectivity index is 1.74. The van der Waals surface area contributed by atoms with E-state index in [4.69, 9.17) is 0 Å². The summed E-state index contributed by atoms with van der Waals surface area (Å²) in [5.74, 6) is 1.02. The van der Waals surface area contributed by atoms with E-state index in [1.165, 1.54) is 212 Å². The van der Waals surface area contributed by atoms with Crippen LogP contribution in [0.15, 0.2) is 0 Å². The molecule has 1 atom stereocenters. The fourth-order valence-electron chi connectivity index (χ4n) is 6.51. The Morgan fingerprint density at radius 2 is 0.730 bits per heavy atom. The molecule has 1 heterocycles. The highest BCUT2D eigenvalue weighted by Crippen LogP contribution is 2.23. The summed E-state index contributed by atoms with van der Waals surface area (Å²) in [6.07, 6.45) is 44.2. The molecule has 1 fully saturated rings. The van der Waals surface area contributed by atoms with Gasteiger partial charge in [-0.05, 0) is 38.3 Å². The first-order valence-corrected chi connectivity index (χ1v) is 18.1. The van der Waals surface area contributed by atoms with Gasteiger partial charge in [0, 0.05) is 6.54 Å². The highest BCUT2D eigenvalue weighted by Gasteiger charge is 2.21. The van der Waals surface area contributed by atoms with Gasteiger partial charge in [-0.25, -0.2) is 0 Å². The van der Waals surface area contributed by atoms with Crippen molar-refractivity contribution in [1.82, 2.24) is 4.90 Å². The third kappa shape index (κ3) is 24.7. The molecule has 37 heavy (non-hydrogen) atoms. The standard InChI is InChI=1S/C36H73N/c1-3-5-7-9-11-13-15-17-19-21-23-25-27-29-31-36-32-34-37(35-36)33-30-28-26-24-22-20-18-16-14-12-10-8-6-4-2/h36H,3-35H2,1-2H3. The van der Waals surface area contributed by atoms with Crippen LogP contribution in [0.1, 0.15) is 206 Å². The van der Waals surface area contributed by atoms with Crippen LogP contribution in [-0.2, 0) is 0 Å². The van der Waals surface area contributed by atoms with Crippen LogP contribution in [-0.4, -0.2) is 24.5 Å². The molecule has 0 spiro atoms. The minimum absolute atomic E-state index is 1.02. The Hall–Kier alpha value is -0.0400. The molecule has 1 rings (SSSR count). The zero-order chi connectivity index (χ0) is 26.5. The van der Waals surface area contributed by atoms with Crippen molar-refractivity contribution in [3.63, 3.8) is 0 Å². The molecule has 1 nitrogen and oxygen atoms in total. The molecule has 0 N–H and O–H groups in total. The van der Waals surface area contributed by atoms with E-state index in [0.717, 1.165) is 5.92 Å². The smallest absolute Gasteiger partial charge is 0.00101 e. The van der Waals surface area contributed by atoms with E-state index < -0.39 is 0 Å². The molecule has 1 aliphatic rings. The maximum Gasteiger partial charge on any atom is 0.00101 e. The number of unbranched alkanes of at least 4 members (excludes halogenated alkanes) is 26. The average molecular weight is 520 g/mol. The van der Waals surface area contributed by atoms with E-state index in [1.807, 2.05) is 0 Å². The van der Waals surface area contributed by atoms with Gasteiger partial charge in [-0.1, -0.05) is 187 Å². The van der Waals surface area contributed by atoms with Crippen molar-refractivity contribution in [3.8, 4) is 0 Å². The molecule has 0 bridgehead atoms. The van der Waals surface area contributed by atoms with Crippen molar-refractivity contribution >= 4 is 0 Å². The Morgan fingerprint density at radius 3 is 1.11 bits per heavy atom. The lowest BCUT2D eigenvalue weighted by Crippen LogP contribution is -2.21. The summed E-state index contributed by atoms with van der Waals surface area (Å²) in [5.41, 5.74) is 0. The van der Waals surface area contributed by atoms with Crippen LogP contribution in [0, 0.1) is 5.92 Å². The maximum atomic E-state index is 2.79. The monoisotopic (exact) mass is 520 g/mol. The second-order valence-electron chi connectivity index (χ2n) is 12.9. The first-order valence-electron chi connectivity index (χ1n) is 18.1. The second-order valence-corrected chi connectivity index (χ2v) is 12.9. The molecule has 222 valence electrons. The summed E-state index contributed by atoms with van der Waals surface area (Å²) in [5, 5.41) is 0. The lowest BCUT2D eigenvalue weighted by Gasteiger charge is -2.16. The Labute approximate surface area is 236 Å². The zero-order valence-corrected chi connectivity index (χ0v) is 26.4. The number of nitrogens with zero attached hydrogens (tertiary/aromatic N) is 1. The van der Waals surface area contributed by atoms with Gasteiger partial charge in [0.25, 0.3) is 0 Å². The zero-order valence-electron chi connectivity index (χ0n) is 26.4. The van der Waals surface area contributed by atoms with Gasteiger partial charge in [0.1, 0.15) is 0 Å². The first kappa shape index (κ1) is 35.0. The van der Waals surface area contributed by atoms with Gasteiger partial charge < -0.3 is 4.90 Å². The molecule has 1 aliphatic heterocycles. The van der Waals surface area contributed by atoms with E-state index in [1.54, 1.807) is 0 Å². The highest BCUT2D eigenvalue weighted by atomic mass is 15.1. The van der Waals surface area contributed by atoms with Crippen LogP contribution >= 0.6 is 0 Å². The van der Waals surface area contributed by atoms with Gasteiger partial charge in [0.15, 0.2) is 0 Å². The summed E-state index contributed by atoms with van der Waals surface area (Å²) in [6.45, 7) is 8.81. The third-order valence-corrected chi connectivity index (χ3v) is 9.16. The SMILES string of the molecule is CCCCCCCCCCCCCCCCC1CCN(CCCCCCCCCCCCCCCC)C1. The fraction of sp³-hybridized carbons (Fsp3) is 1.00. The van der Waals surface area contributed by atoms with Gasteiger partial charge in [0.05, 0.1) is 0 Å². The normalized spacial score (nSPS) is 16.2. The molecule has 0 aliphatic carbocycles. The Bertz CT molecular complexity index is 381. The number of likely N-dealkylation sites (tertiary alicyclic amines) is 1. The van der Waals surface area contributed by atoms with E-state index in [2.05, 4.69) is 18.7 Å². The number of hydrogen-bond acceptors (Lipinski definition) is 1. The van der Waals surface area contributed by atoms with Gasteiger partial charge in [-0.2, -0.15) is 0 Å².